The highest BCUT2D eigenvalue weighted by Gasteiger charge is 2.26. The van der Waals surface area contributed by atoms with E-state index in [0.717, 1.165) is 12.8 Å². The van der Waals surface area contributed by atoms with Gasteiger partial charge in [0.2, 0.25) is 0 Å². The average Bonchev–Trinajstić information content (AvgIpc) is 2.49. The van der Waals surface area contributed by atoms with Gasteiger partial charge in [-0.25, -0.2) is 0 Å². The van der Waals surface area contributed by atoms with Crippen LogP contribution in [0.2, 0.25) is 0 Å². The molecular formula is C16H25NO3. The van der Waals surface area contributed by atoms with Gasteiger partial charge in [0.1, 0.15) is 11.9 Å². The largest absolute Gasteiger partial charge is 0.493 e. The zero-order valence-corrected chi connectivity index (χ0v) is 12.6. The van der Waals surface area contributed by atoms with Crippen LogP contribution in [0.25, 0.3) is 0 Å². The molecule has 1 aliphatic rings. The van der Waals surface area contributed by atoms with E-state index in [1.165, 1.54) is 19.3 Å². The molecule has 0 aromatic heterocycles. The number of anilines is 1. The lowest BCUT2D eigenvalue weighted by molar-refractivity contribution is 0.0908. The number of rotatable bonds is 5. The number of benzene rings is 1. The van der Waals surface area contributed by atoms with Gasteiger partial charge in [-0.15, -0.1) is 0 Å². The molecule has 1 fully saturated rings. The Hall–Kier alpha value is -1.58. The molecule has 4 nitrogen and oxygen atoms in total. The highest BCUT2D eigenvalue weighted by Crippen LogP contribution is 2.39. The predicted octanol–water partition coefficient (Wildman–Crippen LogP) is 3.63. The molecule has 0 heterocycles. The first kappa shape index (κ1) is 14.8. The summed E-state index contributed by atoms with van der Waals surface area (Å²) in [5.41, 5.74) is 6.66. The zero-order chi connectivity index (χ0) is 14.5. The number of nitrogens with two attached hydrogens (primary N) is 1. The van der Waals surface area contributed by atoms with E-state index >= 15 is 0 Å². The Kier molecular flexibility index (Phi) is 4.99. The average molecular weight is 279 g/mol. The van der Waals surface area contributed by atoms with E-state index in [1.807, 2.05) is 6.07 Å². The lowest BCUT2D eigenvalue weighted by Gasteiger charge is -2.31. The van der Waals surface area contributed by atoms with Crippen LogP contribution >= 0.6 is 0 Å². The first-order chi connectivity index (χ1) is 9.69. The molecule has 0 aliphatic heterocycles. The van der Waals surface area contributed by atoms with Crippen LogP contribution in [0.1, 0.15) is 39.0 Å². The van der Waals surface area contributed by atoms with Crippen molar-refractivity contribution in [1.82, 2.24) is 0 Å². The summed E-state index contributed by atoms with van der Waals surface area (Å²) < 4.78 is 16.7. The third-order valence-corrected chi connectivity index (χ3v) is 4.16. The summed E-state index contributed by atoms with van der Waals surface area (Å²) in [6.07, 6.45) is 6.29. The smallest absolute Gasteiger partial charge is 0.164 e. The second-order valence-corrected chi connectivity index (χ2v) is 5.35. The van der Waals surface area contributed by atoms with Gasteiger partial charge in [0.15, 0.2) is 11.5 Å². The SMILES string of the molecule is CCC1CCCCC1Oc1cc(OC)c(OC)cc1N. The van der Waals surface area contributed by atoms with E-state index < -0.39 is 0 Å². The van der Waals surface area contributed by atoms with Gasteiger partial charge in [-0.2, -0.15) is 0 Å². The quantitative estimate of drug-likeness (QED) is 0.836. The molecule has 2 atom stereocenters. The molecule has 2 N–H and O–H groups in total. The van der Waals surface area contributed by atoms with Crippen molar-refractivity contribution in [2.75, 3.05) is 20.0 Å². The standard InChI is InChI=1S/C16H25NO3/c1-4-11-7-5-6-8-13(11)20-14-10-16(19-3)15(18-2)9-12(14)17/h9-11,13H,4-8,17H2,1-3H3. The molecule has 0 bridgehead atoms. The minimum absolute atomic E-state index is 0.258. The van der Waals surface area contributed by atoms with E-state index in [0.29, 0.717) is 28.9 Å². The Morgan fingerprint density at radius 3 is 2.35 bits per heavy atom. The maximum absolute atomic E-state index is 6.17. The Morgan fingerprint density at radius 2 is 1.70 bits per heavy atom. The van der Waals surface area contributed by atoms with Crippen molar-refractivity contribution in [2.24, 2.45) is 5.92 Å². The molecule has 1 aliphatic carbocycles. The lowest BCUT2D eigenvalue weighted by atomic mass is 9.85. The van der Waals surface area contributed by atoms with Crippen molar-refractivity contribution in [2.45, 2.75) is 45.1 Å². The molecule has 1 saturated carbocycles. The molecule has 2 unspecified atom stereocenters. The summed E-state index contributed by atoms with van der Waals surface area (Å²) in [6, 6.07) is 3.59. The van der Waals surface area contributed by atoms with E-state index in [4.69, 9.17) is 19.9 Å². The first-order valence-electron chi connectivity index (χ1n) is 7.37. The van der Waals surface area contributed by atoms with Gasteiger partial charge in [-0.1, -0.05) is 13.3 Å². The van der Waals surface area contributed by atoms with Crippen molar-refractivity contribution in [3.8, 4) is 17.2 Å². The summed E-state index contributed by atoms with van der Waals surface area (Å²) in [5.74, 6) is 2.61. The Balaban J connectivity index is 2.19. The minimum Gasteiger partial charge on any atom is -0.493 e. The van der Waals surface area contributed by atoms with Gasteiger partial charge in [0.25, 0.3) is 0 Å². The molecule has 4 heteroatoms. The molecule has 0 radical (unpaired) electrons. The highest BCUT2D eigenvalue weighted by molar-refractivity contribution is 5.62. The van der Waals surface area contributed by atoms with Crippen molar-refractivity contribution < 1.29 is 14.2 Å². The van der Waals surface area contributed by atoms with Gasteiger partial charge in [0.05, 0.1) is 19.9 Å². The number of nitrogen functional groups attached to an aromatic ring is 1. The van der Waals surface area contributed by atoms with Crippen LogP contribution in [0.4, 0.5) is 5.69 Å². The van der Waals surface area contributed by atoms with Crippen LogP contribution in [0.3, 0.4) is 0 Å². The van der Waals surface area contributed by atoms with E-state index in [9.17, 15) is 0 Å². The van der Waals surface area contributed by atoms with Crippen LogP contribution < -0.4 is 19.9 Å². The van der Waals surface area contributed by atoms with Crippen LogP contribution in [-0.4, -0.2) is 20.3 Å². The molecular weight excluding hydrogens is 254 g/mol. The van der Waals surface area contributed by atoms with Crippen molar-refractivity contribution in [3.63, 3.8) is 0 Å². The monoisotopic (exact) mass is 279 g/mol. The van der Waals surface area contributed by atoms with E-state index in [2.05, 4.69) is 6.92 Å². The molecule has 1 aromatic rings. The van der Waals surface area contributed by atoms with Crippen LogP contribution in [0, 0.1) is 5.92 Å². The van der Waals surface area contributed by atoms with Gasteiger partial charge < -0.3 is 19.9 Å². The third kappa shape index (κ3) is 3.11. The number of hydrogen-bond acceptors (Lipinski definition) is 4. The second-order valence-electron chi connectivity index (χ2n) is 5.35. The lowest BCUT2D eigenvalue weighted by Crippen LogP contribution is -2.30. The van der Waals surface area contributed by atoms with Crippen molar-refractivity contribution in [1.29, 1.82) is 0 Å². The van der Waals surface area contributed by atoms with Crippen LogP contribution in [-0.2, 0) is 0 Å². The van der Waals surface area contributed by atoms with Gasteiger partial charge >= 0.3 is 0 Å². The number of hydrogen-bond donors (Lipinski definition) is 1. The normalized spacial score (nSPS) is 22.4. The number of methoxy groups -OCH3 is 2. The van der Waals surface area contributed by atoms with Crippen LogP contribution in [0.5, 0.6) is 17.2 Å². The third-order valence-electron chi connectivity index (χ3n) is 4.16. The fourth-order valence-corrected chi connectivity index (χ4v) is 2.94. The van der Waals surface area contributed by atoms with Crippen LogP contribution in [0.15, 0.2) is 12.1 Å². The Morgan fingerprint density at radius 1 is 1.05 bits per heavy atom. The predicted molar refractivity (Wildman–Crippen MR) is 80.6 cm³/mol. The van der Waals surface area contributed by atoms with E-state index in [1.54, 1.807) is 20.3 Å². The summed E-state index contributed by atoms with van der Waals surface area (Å²) in [6.45, 7) is 2.23. The molecule has 0 spiro atoms. The van der Waals surface area contributed by atoms with Crippen molar-refractivity contribution in [3.05, 3.63) is 12.1 Å². The summed E-state index contributed by atoms with van der Waals surface area (Å²) in [7, 11) is 3.22. The Labute approximate surface area is 121 Å². The first-order valence-corrected chi connectivity index (χ1v) is 7.37. The fourth-order valence-electron chi connectivity index (χ4n) is 2.94. The molecule has 0 saturated heterocycles. The van der Waals surface area contributed by atoms with Gasteiger partial charge in [-0.05, 0) is 31.6 Å². The molecule has 0 amide bonds. The molecule has 112 valence electrons. The number of ether oxygens (including phenoxy) is 3. The van der Waals surface area contributed by atoms with E-state index in [-0.39, 0.29) is 6.10 Å². The maximum Gasteiger partial charge on any atom is 0.164 e. The zero-order valence-electron chi connectivity index (χ0n) is 12.6. The Bertz CT molecular complexity index is 448. The maximum atomic E-state index is 6.17. The second kappa shape index (κ2) is 6.73. The highest BCUT2D eigenvalue weighted by atomic mass is 16.5. The summed E-state index contributed by atoms with van der Waals surface area (Å²) in [4.78, 5) is 0. The topological polar surface area (TPSA) is 53.7 Å². The van der Waals surface area contributed by atoms with Crippen molar-refractivity contribution >= 4 is 5.69 Å². The van der Waals surface area contributed by atoms with Gasteiger partial charge in [-0.3, -0.25) is 0 Å². The van der Waals surface area contributed by atoms with Gasteiger partial charge in [0, 0.05) is 12.1 Å². The summed E-state index contributed by atoms with van der Waals surface area (Å²) >= 11 is 0. The minimum atomic E-state index is 0.258. The molecule has 20 heavy (non-hydrogen) atoms. The summed E-state index contributed by atoms with van der Waals surface area (Å²) in [5, 5.41) is 0. The molecule has 1 aromatic carbocycles. The molecule has 2 rings (SSSR count). The fraction of sp³-hybridized carbons (Fsp3) is 0.625.